The number of ether oxygens (including phenoxy) is 3. The van der Waals surface area contributed by atoms with E-state index >= 15 is 0 Å². The molecule has 4 atom stereocenters. The van der Waals surface area contributed by atoms with E-state index in [4.69, 9.17) is 9.47 Å². The Balaban J connectivity index is 2.77. The van der Waals surface area contributed by atoms with Gasteiger partial charge in [0.2, 0.25) is 0 Å². The summed E-state index contributed by atoms with van der Waals surface area (Å²) < 4.78 is 14.6. The van der Waals surface area contributed by atoms with Crippen LogP contribution in [-0.4, -0.2) is 36.6 Å². The molecule has 0 saturated carbocycles. The van der Waals surface area contributed by atoms with Gasteiger partial charge in [0.05, 0.1) is 30.5 Å². The predicted octanol–water partition coefficient (Wildman–Crippen LogP) is 1.23. The summed E-state index contributed by atoms with van der Waals surface area (Å²) in [4.78, 5) is 46.1. The zero-order chi connectivity index (χ0) is 16.9. The minimum absolute atomic E-state index is 0.135. The Hall–Kier alpha value is -1.92. The minimum atomic E-state index is -0.675. The molecular weight excluding hydrogens is 292 g/mol. The lowest BCUT2D eigenvalue weighted by Crippen LogP contribution is -2.29. The largest absolute Gasteiger partial charge is 0.466 e. The number of carbonyl (C=O) groups excluding carboxylic acids is 4. The monoisotopic (exact) mass is 314 g/mol. The van der Waals surface area contributed by atoms with E-state index in [9.17, 15) is 19.2 Å². The van der Waals surface area contributed by atoms with E-state index in [2.05, 4.69) is 4.74 Å². The van der Waals surface area contributed by atoms with Gasteiger partial charge in [-0.25, -0.2) is 0 Å². The Morgan fingerprint density at radius 1 is 1.27 bits per heavy atom. The van der Waals surface area contributed by atoms with Gasteiger partial charge in [0.25, 0.3) is 0 Å². The molecule has 0 aromatic rings. The second-order valence-corrected chi connectivity index (χ2v) is 5.48. The molecule has 0 aliphatic carbocycles. The molecule has 1 fully saturated rings. The second kappa shape index (κ2) is 7.91. The van der Waals surface area contributed by atoms with Crippen molar-refractivity contribution in [2.45, 2.75) is 46.6 Å². The summed E-state index contributed by atoms with van der Waals surface area (Å²) in [5.41, 5.74) is 0. The first-order chi connectivity index (χ1) is 10.3. The van der Waals surface area contributed by atoms with Gasteiger partial charge < -0.3 is 14.2 Å². The first-order valence-electron chi connectivity index (χ1n) is 7.35. The smallest absolute Gasteiger partial charge is 0.317 e. The van der Waals surface area contributed by atoms with Crippen LogP contribution in [-0.2, 0) is 33.4 Å². The van der Waals surface area contributed by atoms with Gasteiger partial charge in [-0.15, -0.1) is 0 Å². The standard InChI is InChI=1S/C15H22O7/c1-5-20-14(18)11(6-8(2)21-10(4)16)7-12-9(3)13(17)22-15(12)19/h8-9,11-12H,5-7H2,1-4H3. The molecule has 124 valence electrons. The van der Waals surface area contributed by atoms with E-state index in [0.29, 0.717) is 0 Å². The van der Waals surface area contributed by atoms with Gasteiger partial charge in [-0.3, -0.25) is 19.2 Å². The van der Waals surface area contributed by atoms with E-state index in [1.54, 1.807) is 20.8 Å². The van der Waals surface area contributed by atoms with Crippen LogP contribution in [0.4, 0.5) is 0 Å². The van der Waals surface area contributed by atoms with Crippen molar-refractivity contribution in [3.8, 4) is 0 Å². The molecular formula is C15H22O7. The average molecular weight is 314 g/mol. The zero-order valence-corrected chi connectivity index (χ0v) is 13.3. The SMILES string of the molecule is CCOC(=O)C(CC(C)OC(C)=O)CC1C(=O)OC(=O)C1C. The van der Waals surface area contributed by atoms with Crippen molar-refractivity contribution in [2.75, 3.05) is 6.61 Å². The van der Waals surface area contributed by atoms with Gasteiger partial charge in [0, 0.05) is 6.92 Å². The normalized spacial score (nSPS) is 23.6. The molecule has 0 aromatic carbocycles. The molecule has 1 rings (SSSR count). The molecule has 0 radical (unpaired) electrons. The van der Waals surface area contributed by atoms with Crippen molar-refractivity contribution in [3.05, 3.63) is 0 Å². The summed E-state index contributed by atoms with van der Waals surface area (Å²) in [5.74, 6) is -4.02. The van der Waals surface area contributed by atoms with Crippen molar-refractivity contribution in [2.24, 2.45) is 17.8 Å². The lowest BCUT2D eigenvalue weighted by Gasteiger charge is -2.21. The first kappa shape index (κ1) is 18.1. The summed E-state index contributed by atoms with van der Waals surface area (Å²) in [6.45, 7) is 6.43. The number of rotatable bonds is 7. The molecule has 0 N–H and O–H groups in total. The fourth-order valence-corrected chi connectivity index (χ4v) is 2.52. The van der Waals surface area contributed by atoms with Crippen molar-refractivity contribution >= 4 is 23.9 Å². The zero-order valence-electron chi connectivity index (χ0n) is 13.3. The molecule has 1 aliphatic rings. The van der Waals surface area contributed by atoms with Gasteiger partial charge in [-0.1, -0.05) is 6.92 Å². The highest BCUT2D eigenvalue weighted by Gasteiger charge is 2.43. The van der Waals surface area contributed by atoms with Crippen LogP contribution in [0.3, 0.4) is 0 Å². The van der Waals surface area contributed by atoms with Gasteiger partial charge in [0.1, 0.15) is 0 Å². The van der Waals surface area contributed by atoms with Crippen LogP contribution in [0, 0.1) is 17.8 Å². The van der Waals surface area contributed by atoms with Gasteiger partial charge in [-0.2, -0.15) is 0 Å². The highest BCUT2D eigenvalue weighted by atomic mass is 16.6. The summed E-state index contributed by atoms with van der Waals surface area (Å²) >= 11 is 0. The van der Waals surface area contributed by atoms with Crippen LogP contribution in [0.2, 0.25) is 0 Å². The molecule has 0 aromatic heterocycles. The Bertz CT molecular complexity index is 457. The quantitative estimate of drug-likeness (QED) is 0.396. The number of hydrogen-bond donors (Lipinski definition) is 0. The maximum Gasteiger partial charge on any atom is 0.317 e. The summed E-state index contributed by atoms with van der Waals surface area (Å²) in [5, 5.41) is 0. The molecule has 1 heterocycles. The number of hydrogen-bond acceptors (Lipinski definition) is 7. The lowest BCUT2D eigenvalue weighted by atomic mass is 9.84. The predicted molar refractivity (Wildman–Crippen MR) is 74.3 cm³/mol. The third-order valence-electron chi connectivity index (χ3n) is 3.62. The van der Waals surface area contributed by atoms with E-state index < -0.39 is 47.7 Å². The molecule has 4 unspecified atom stereocenters. The first-order valence-corrected chi connectivity index (χ1v) is 7.35. The lowest BCUT2D eigenvalue weighted by molar-refractivity contribution is -0.156. The van der Waals surface area contributed by atoms with E-state index in [1.165, 1.54) is 6.92 Å². The maximum atomic E-state index is 12.0. The Morgan fingerprint density at radius 3 is 2.36 bits per heavy atom. The fourth-order valence-electron chi connectivity index (χ4n) is 2.52. The summed E-state index contributed by atoms with van der Waals surface area (Å²) in [6.07, 6.45) is -0.130. The van der Waals surface area contributed by atoms with E-state index in [-0.39, 0.29) is 19.4 Å². The van der Waals surface area contributed by atoms with Crippen LogP contribution < -0.4 is 0 Å². The molecule has 7 nitrogen and oxygen atoms in total. The number of esters is 4. The fraction of sp³-hybridized carbons (Fsp3) is 0.733. The number of carbonyl (C=O) groups is 4. The summed E-state index contributed by atoms with van der Waals surface area (Å²) in [7, 11) is 0. The van der Waals surface area contributed by atoms with Gasteiger partial charge in [0.15, 0.2) is 0 Å². The van der Waals surface area contributed by atoms with E-state index in [1.807, 2.05) is 0 Å². The van der Waals surface area contributed by atoms with Crippen molar-refractivity contribution in [1.29, 1.82) is 0 Å². The minimum Gasteiger partial charge on any atom is -0.466 e. The van der Waals surface area contributed by atoms with Crippen LogP contribution >= 0.6 is 0 Å². The second-order valence-electron chi connectivity index (χ2n) is 5.48. The molecule has 0 spiro atoms. The third-order valence-corrected chi connectivity index (χ3v) is 3.62. The van der Waals surface area contributed by atoms with Gasteiger partial charge in [-0.05, 0) is 26.7 Å². The molecule has 1 aliphatic heterocycles. The molecule has 0 amide bonds. The van der Waals surface area contributed by atoms with Crippen molar-refractivity contribution < 1.29 is 33.4 Å². The molecule has 7 heteroatoms. The Labute approximate surface area is 129 Å². The molecule has 1 saturated heterocycles. The highest BCUT2D eigenvalue weighted by Crippen LogP contribution is 2.31. The molecule has 22 heavy (non-hydrogen) atoms. The van der Waals surface area contributed by atoms with Gasteiger partial charge >= 0.3 is 23.9 Å². The van der Waals surface area contributed by atoms with Crippen LogP contribution in [0.5, 0.6) is 0 Å². The summed E-state index contributed by atoms with van der Waals surface area (Å²) in [6, 6.07) is 0. The van der Waals surface area contributed by atoms with Crippen LogP contribution in [0.15, 0.2) is 0 Å². The van der Waals surface area contributed by atoms with E-state index in [0.717, 1.165) is 0 Å². The van der Waals surface area contributed by atoms with Crippen molar-refractivity contribution in [1.82, 2.24) is 0 Å². The number of cyclic esters (lactones) is 2. The van der Waals surface area contributed by atoms with Crippen molar-refractivity contribution in [3.63, 3.8) is 0 Å². The van der Waals surface area contributed by atoms with Crippen LogP contribution in [0.1, 0.15) is 40.5 Å². The average Bonchev–Trinajstić information content (AvgIpc) is 2.63. The maximum absolute atomic E-state index is 12.0. The molecule has 0 bridgehead atoms. The van der Waals surface area contributed by atoms with Crippen LogP contribution in [0.25, 0.3) is 0 Å². The Kier molecular flexibility index (Phi) is 6.52. The Morgan fingerprint density at radius 2 is 1.91 bits per heavy atom. The highest BCUT2D eigenvalue weighted by molar-refractivity contribution is 5.96. The topological polar surface area (TPSA) is 96.0 Å². The third kappa shape index (κ3) is 4.82.